The van der Waals surface area contributed by atoms with Crippen molar-refractivity contribution in [1.82, 2.24) is 4.98 Å². The molecule has 0 saturated carbocycles. The van der Waals surface area contributed by atoms with E-state index in [4.69, 9.17) is 9.47 Å². The lowest BCUT2D eigenvalue weighted by Gasteiger charge is -2.13. The molecule has 1 aromatic heterocycles. The second-order valence-electron chi connectivity index (χ2n) is 3.00. The molecule has 2 heterocycles. The fraction of sp³-hybridized carbons (Fsp3) is 0. The number of rotatable bonds is 0. The monoisotopic (exact) mass is 185 g/mol. The van der Waals surface area contributed by atoms with Gasteiger partial charge in [-0.05, 0) is 18.2 Å². The molecule has 68 valence electrons. The van der Waals surface area contributed by atoms with Crippen molar-refractivity contribution >= 4 is 10.8 Å². The predicted octanol–water partition coefficient (Wildman–Crippen LogP) is 2.48. The maximum absolute atomic E-state index is 5.40. The van der Waals surface area contributed by atoms with Crippen molar-refractivity contribution in [3.8, 4) is 11.5 Å². The molecule has 0 unspecified atom stereocenters. The number of fused-ring (bicyclic) bond motifs is 3. The van der Waals surface area contributed by atoms with Gasteiger partial charge in [0.25, 0.3) is 0 Å². The molecule has 0 saturated heterocycles. The van der Waals surface area contributed by atoms with Gasteiger partial charge in [0.2, 0.25) is 0 Å². The van der Waals surface area contributed by atoms with Crippen molar-refractivity contribution in [2.24, 2.45) is 0 Å². The molecular weight excluding hydrogens is 178 g/mol. The summed E-state index contributed by atoms with van der Waals surface area (Å²) in [5.74, 6) is 1.50. The van der Waals surface area contributed by atoms with Crippen LogP contribution in [0.2, 0.25) is 0 Å². The van der Waals surface area contributed by atoms with Gasteiger partial charge in [-0.15, -0.1) is 0 Å². The summed E-state index contributed by atoms with van der Waals surface area (Å²) in [5.41, 5.74) is 0. The van der Waals surface area contributed by atoms with Crippen LogP contribution in [0.25, 0.3) is 10.8 Å². The standard InChI is InChI=1S/C11H7NO2/c1-2-10-11(14-6-5-13-10)9-3-4-12-7-8(1)9/h1-7H. The molecule has 0 atom stereocenters. The molecule has 0 spiro atoms. The van der Waals surface area contributed by atoms with E-state index in [0.29, 0.717) is 0 Å². The number of pyridine rings is 1. The highest BCUT2D eigenvalue weighted by Crippen LogP contribution is 2.37. The van der Waals surface area contributed by atoms with E-state index < -0.39 is 0 Å². The van der Waals surface area contributed by atoms with Crippen LogP contribution in [-0.4, -0.2) is 4.98 Å². The number of hydrogen-bond donors (Lipinski definition) is 0. The average Bonchev–Trinajstić information content (AvgIpc) is 2.29. The van der Waals surface area contributed by atoms with Crippen molar-refractivity contribution in [2.75, 3.05) is 0 Å². The van der Waals surface area contributed by atoms with Crippen molar-refractivity contribution < 1.29 is 9.47 Å². The van der Waals surface area contributed by atoms with E-state index in [1.807, 2.05) is 18.2 Å². The highest BCUT2D eigenvalue weighted by atomic mass is 16.5. The molecule has 0 radical (unpaired) electrons. The molecule has 14 heavy (non-hydrogen) atoms. The summed E-state index contributed by atoms with van der Waals surface area (Å²) >= 11 is 0. The van der Waals surface area contributed by atoms with E-state index in [2.05, 4.69) is 4.98 Å². The third kappa shape index (κ3) is 0.956. The molecule has 0 aliphatic carbocycles. The Hall–Kier alpha value is -2.03. The zero-order valence-electron chi connectivity index (χ0n) is 7.31. The molecule has 1 aromatic carbocycles. The second-order valence-corrected chi connectivity index (χ2v) is 3.00. The molecule has 1 aliphatic heterocycles. The third-order valence-corrected chi connectivity index (χ3v) is 2.17. The normalized spacial score (nSPS) is 13.1. The first-order valence-corrected chi connectivity index (χ1v) is 4.30. The first-order valence-electron chi connectivity index (χ1n) is 4.30. The lowest BCUT2D eigenvalue weighted by molar-refractivity contribution is 0.365. The minimum absolute atomic E-state index is 0.742. The van der Waals surface area contributed by atoms with Crippen molar-refractivity contribution in [3.05, 3.63) is 43.1 Å². The van der Waals surface area contributed by atoms with E-state index in [9.17, 15) is 0 Å². The van der Waals surface area contributed by atoms with Gasteiger partial charge in [-0.2, -0.15) is 0 Å². The summed E-state index contributed by atoms with van der Waals surface area (Å²) in [4.78, 5) is 4.05. The highest BCUT2D eigenvalue weighted by molar-refractivity contribution is 5.90. The number of ether oxygens (including phenoxy) is 2. The average molecular weight is 185 g/mol. The van der Waals surface area contributed by atoms with Crippen molar-refractivity contribution in [2.45, 2.75) is 0 Å². The van der Waals surface area contributed by atoms with Gasteiger partial charge in [0.05, 0.1) is 0 Å². The Morgan fingerprint density at radius 1 is 1.00 bits per heavy atom. The van der Waals surface area contributed by atoms with Crippen LogP contribution in [0.5, 0.6) is 11.5 Å². The molecule has 1 aliphatic rings. The van der Waals surface area contributed by atoms with Gasteiger partial charge < -0.3 is 9.47 Å². The molecule has 0 bridgehead atoms. The molecule has 3 heteroatoms. The van der Waals surface area contributed by atoms with Crippen molar-refractivity contribution in [3.63, 3.8) is 0 Å². The smallest absolute Gasteiger partial charge is 0.177 e. The highest BCUT2D eigenvalue weighted by Gasteiger charge is 2.11. The second kappa shape index (κ2) is 2.73. The quantitative estimate of drug-likeness (QED) is 0.631. The summed E-state index contributed by atoms with van der Waals surface area (Å²) < 4.78 is 10.7. The van der Waals surface area contributed by atoms with Crippen LogP contribution in [0, 0.1) is 0 Å². The zero-order valence-corrected chi connectivity index (χ0v) is 7.31. The Kier molecular flexibility index (Phi) is 1.44. The summed E-state index contributed by atoms with van der Waals surface area (Å²) in [5, 5.41) is 2.06. The van der Waals surface area contributed by atoms with Gasteiger partial charge in [0.15, 0.2) is 11.5 Å². The van der Waals surface area contributed by atoms with Gasteiger partial charge in [-0.1, -0.05) is 0 Å². The van der Waals surface area contributed by atoms with Gasteiger partial charge in [0, 0.05) is 23.2 Å². The molecule has 2 aromatic rings. The predicted molar refractivity (Wildman–Crippen MR) is 52.1 cm³/mol. The summed E-state index contributed by atoms with van der Waals surface area (Å²) in [6.07, 6.45) is 6.60. The Morgan fingerprint density at radius 2 is 1.93 bits per heavy atom. The third-order valence-electron chi connectivity index (χ3n) is 2.17. The first-order chi connectivity index (χ1) is 6.95. The van der Waals surface area contributed by atoms with Gasteiger partial charge in [-0.25, -0.2) is 0 Å². The first kappa shape index (κ1) is 7.38. The lowest BCUT2D eigenvalue weighted by atomic mass is 10.1. The minimum atomic E-state index is 0.742. The van der Waals surface area contributed by atoms with Crippen LogP contribution in [0.15, 0.2) is 43.1 Å². The Labute approximate surface area is 80.6 Å². The molecule has 3 rings (SSSR count). The largest absolute Gasteiger partial charge is 0.458 e. The minimum Gasteiger partial charge on any atom is -0.458 e. The summed E-state index contributed by atoms with van der Waals surface area (Å²) in [6.45, 7) is 0. The maximum atomic E-state index is 5.40. The van der Waals surface area contributed by atoms with Crippen LogP contribution in [-0.2, 0) is 0 Å². The molecular formula is C11H7NO2. The van der Waals surface area contributed by atoms with E-state index in [0.717, 1.165) is 22.3 Å². The van der Waals surface area contributed by atoms with E-state index >= 15 is 0 Å². The van der Waals surface area contributed by atoms with Gasteiger partial charge in [-0.3, -0.25) is 4.98 Å². The molecule has 0 N–H and O–H groups in total. The number of nitrogens with zero attached hydrogens (tertiary/aromatic N) is 1. The lowest BCUT2D eigenvalue weighted by Crippen LogP contribution is -1.96. The van der Waals surface area contributed by atoms with Gasteiger partial charge in [0.1, 0.15) is 12.5 Å². The van der Waals surface area contributed by atoms with Crippen LogP contribution < -0.4 is 9.47 Å². The van der Waals surface area contributed by atoms with Crippen LogP contribution in [0.4, 0.5) is 0 Å². The number of hydrogen-bond acceptors (Lipinski definition) is 3. The van der Waals surface area contributed by atoms with E-state index in [1.54, 1.807) is 12.4 Å². The fourth-order valence-corrected chi connectivity index (χ4v) is 1.53. The van der Waals surface area contributed by atoms with E-state index in [-0.39, 0.29) is 0 Å². The Morgan fingerprint density at radius 3 is 2.93 bits per heavy atom. The molecule has 3 nitrogen and oxygen atoms in total. The fourth-order valence-electron chi connectivity index (χ4n) is 1.53. The SMILES string of the molecule is C1=COc2c(ccc3cnccc23)O1. The molecule has 0 amide bonds. The van der Waals surface area contributed by atoms with Crippen LogP contribution in [0.3, 0.4) is 0 Å². The summed E-state index contributed by atoms with van der Waals surface area (Å²) in [7, 11) is 0. The van der Waals surface area contributed by atoms with Crippen LogP contribution >= 0.6 is 0 Å². The zero-order chi connectivity index (χ0) is 9.38. The van der Waals surface area contributed by atoms with Crippen molar-refractivity contribution in [1.29, 1.82) is 0 Å². The molecule has 0 fully saturated rings. The van der Waals surface area contributed by atoms with E-state index in [1.165, 1.54) is 12.5 Å². The number of aromatic nitrogens is 1. The topological polar surface area (TPSA) is 31.4 Å². The Balaban J connectivity index is 2.37. The van der Waals surface area contributed by atoms with Crippen LogP contribution in [0.1, 0.15) is 0 Å². The maximum Gasteiger partial charge on any atom is 0.177 e. The number of benzene rings is 1. The summed E-state index contributed by atoms with van der Waals surface area (Å²) in [6, 6.07) is 5.75. The van der Waals surface area contributed by atoms with Gasteiger partial charge >= 0.3 is 0 Å². The Bertz CT molecular complexity index is 520.